The standard InChI is InChI=1S/C29H32F2N6O2/c1-33-25-14-22(2-3-26(25)39-13-8-20-4-9-36(10-5-20)23(15-30)16-31)28-24-6-11-37(18-21-7-12-38-19-21)29(24)35-27(17-32)34-28/h2-3,6,11,14,20-21,23H,4-5,7-10,12-13,15-16,18-19H2. The van der Waals surface area contributed by atoms with Crippen molar-refractivity contribution in [2.75, 3.05) is 46.3 Å². The highest BCUT2D eigenvalue weighted by Gasteiger charge is 2.25. The number of rotatable bonds is 10. The number of nitrogens with zero attached hydrogens (tertiary/aromatic N) is 6. The van der Waals surface area contributed by atoms with E-state index < -0.39 is 19.4 Å². The Labute approximate surface area is 227 Å². The van der Waals surface area contributed by atoms with E-state index in [9.17, 15) is 14.0 Å². The molecule has 2 aliphatic heterocycles. The van der Waals surface area contributed by atoms with Crippen LogP contribution in [0.25, 0.3) is 27.1 Å². The van der Waals surface area contributed by atoms with Crippen molar-refractivity contribution in [1.29, 1.82) is 5.26 Å². The van der Waals surface area contributed by atoms with Crippen LogP contribution in [0.15, 0.2) is 30.5 Å². The topological polar surface area (TPSA) is 80.6 Å². The Bertz CT molecular complexity index is 1360. The average Bonchev–Trinajstić information content (AvgIpc) is 3.64. The molecule has 1 aromatic carbocycles. The van der Waals surface area contributed by atoms with Crippen molar-refractivity contribution < 1.29 is 18.3 Å². The van der Waals surface area contributed by atoms with Crippen LogP contribution >= 0.6 is 0 Å². The lowest BCUT2D eigenvalue weighted by molar-refractivity contribution is 0.0896. The summed E-state index contributed by atoms with van der Waals surface area (Å²) >= 11 is 0. The van der Waals surface area contributed by atoms with Crippen LogP contribution in [0.5, 0.6) is 5.75 Å². The average molecular weight is 535 g/mol. The molecule has 5 rings (SSSR count). The predicted octanol–water partition coefficient (Wildman–Crippen LogP) is 5.35. The van der Waals surface area contributed by atoms with Crippen LogP contribution in [0.2, 0.25) is 0 Å². The molecule has 2 aromatic heterocycles. The molecule has 2 saturated heterocycles. The van der Waals surface area contributed by atoms with Crippen molar-refractivity contribution in [3.05, 3.63) is 47.7 Å². The zero-order valence-corrected chi connectivity index (χ0v) is 21.9. The minimum absolute atomic E-state index is 0.0835. The molecule has 0 bridgehead atoms. The Morgan fingerprint density at radius 3 is 2.67 bits per heavy atom. The summed E-state index contributed by atoms with van der Waals surface area (Å²) in [5.74, 6) is 1.42. The zero-order valence-electron chi connectivity index (χ0n) is 21.9. The summed E-state index contributed by atoms with van der Waals surface area (Å²) in [5.41, 5.74) is 2.41. The minimum Gasteiger partial charge on any atom is -0.505 e. The first kappa shape index (κ1) is 27.0. The van der Waals surface area contributed by atoms with E-state index in [4.69, 9.17) is 16.0 Å². The molecule has 1 atom stereocenters. The van der Waals surface area contributed by atoms with Gasteiger partial charge in [-0.3, -0.25) is 4.90 Å². The van der Waals surface area contributed by atoms with E-state index in [2.05, 4.69) is 20.9 Å². The maximum Gasteiger partial charge on any atom is 0.234 e. The fourth-order valence-electron chi connectivity index (χ4n) is 5.54. The second-order valence-corrected chi connectivity index (χ2v) is 10.3. The van der Waals surface area contributed by atoms with Crippen molar-refractivity contribution in [3.8, 4) is 23.1 Å². The van der Waals surface area contributed by atoms with Gasteiger partial charge in [0.25, 0.3) is 0 Å². The number of aromatic nitrogens is 3. The highest BCUT2D eigenvalue weighted by atomic mass is 19.1. The van der Waals surface area contributed by atoms with Gasteiger partial charge in [0.15, 0.2) is 0 Å². The lowest BCUT2D eigenvalue weighted by atomic mass is 9.93. The van der Waals surface area contributed by atoms with E-state index in [1.807, 2.05) is 27.8 Å². The molecular formula is C29H32F2N6O2. The third-order valence-electron chi connectivity index (χ3n) is 7.86. The smallest absolute Gasteiger partial charge is 0.234 e. The van der Waals surface area contributed by atoms with Crippen molar-refractivity contribution in [2.45, 2.75) is 38.3 Å². The molecule has 0 aliphatic carbocycles. The molecule has 1 unspecified atom stereocenters. The van der Waals surface area contributed by atoms with Crippen LogP contribution in [0.3, 0.4) is 0 Å². The van der Waals surface area contributed by atoms with Crippen LogP contribution in [-0.4, -0.2) is 71.7 Å². The van der Waals surface area contributed by atoms with Crippen molar-refractivity contribution in [3.63, 3.8) is 0 Å². The van der Waals surface area contributed by atoms with Gasteiger partial charge < -0.3 is 14.0 Å². The Hall–Kier alpha value is -3.60. The van der Waals surface area contributed by atoms with Crippen LogP contribution in [0.1, 0.15) is 31.5 Å². The van der Waals surface area contributed by atoms with E-state index in [1.54, 1.807) is 12.1 Å². The number of benzene rings is 1. The second-order valence-electron chi connectivity index (χ2n) is 10.3. The molecule has 0 N–H and O–H groups in total. The van der Waals surface area contributed by atoms with Gasteiger partial charge in [-0.1, -0.05) is 6.07 Å². The van der Waals surface area contributed by atoms with Gasteiger partial charge in [-0.15, -0.1) is 0 Å². The Kier molecular flexibility index (Phi) is 8.65. The van der Waals surface area contributed by atoms with Gasteiger partial charge in [0.05, 0.1) is 31.5 Å². The van der Waals surface area contributed by atoms with E-state index >= 15 is 0 Å². The molecule has 39 heavy (non-hydrogen) atoms. The number of likely N-dealkylation sites (tertiary alicyclic amines) is 1. The van der Waals surface area contributed by atoms with Gasteiger partial charge in [0.2, 0.25) is 11.5 Å². The van der Waals surface area contributed by atoms with Gasteiger partial charge in [-0.2, -0.15) is 5.26 Å². The summed E-state index contributed by atoms with van der Waals surface area (Å²) < 4.78 is 39.5. The fraction of sp³-hybridized carbons (Fsp3) is 0.517. The zero-order chi connectivity index (χ0) is 27.2. The van der Waals surface area contributed by atoms with Gasteiger partial charge >= 0.3 is 0 Å². The van der Waals surface area contributed by atoms with Crippen LogP contribution in [0, 0.1) is 29.7 Å². The van der Waals surface area contributed by atoms with E-state index in [-0.39, 0.29) is 5.82 Å². The van der Waals surface area contributed by atoms with Crippen LogP contribution in [-0.2, 0) is 11.3 Å². The van der Waals surface area contributed by atoms with Crippen molar-refractivity contribution in [2.24, 2.45) is 11.8 Å². The predicted molar refractivity (Wildman–Crippen MR) is 143 cm³/mol. The molecule has 0 saturated carbocycles. The molecule has 4 heterocycles. The maximum absolute atomic E-state index is 13.0. The Morgan fingerprint density at radius 2 is 1.97 bits per heavy atom. The van der Waals surface area contributed by atoms with Crippen molar-refractivity contribution >= 4 is 16.7 Å². The molecule has 0 spiro atoms. The van der Waals surface area contributed by atoms with Gasteiger partial charge in [0.1, 0.15) is 30.8 Å². The number of hydrogen-bond donors (Lipinski definition) is 0. The fourth-order valence-corrected chi connectivity index (χ4v) is 5.54. The minimum atomic E-state index is -0.653. The maximum atomic E-state index is 13.0. The second kappa shape index (κ2) is 12.5. The number of halogens is 2. The Morgan fingerprint density at radius 1 is 1.15 bits per heavy atom. The van der Waals surface area contributed by atoms with Gasteiger partial charge in [-0.05, 0) is 68.5 Å². The number of piperidine rings is 1. The summed E-state index contributed by atoms with van der Waals surface area (Å²) in [6.07, 6.45) is 5.55. The van der Waals surface area contributed by atoms with E-state index in [0.29, 0.717) is 54.3 Å². The summed E-state index contributed by atoms with van der Waals surface area (Å²) in [6.45, 7) is 10.5. The summed E-state index contributed by atoms with van der Waals surface area (Å²) in [7, 11) is 0. The van der Waals surface area contributed by atoms with E-state index in [1.165, 1.54) is 0 Å². The number of alkyl halides is 2. The molecule has 3 aromatic rings. The first-order valence-corrected chi connectivity index (χ1v) is 13.5. The monoisotopic (exact) mass is 534 g/mol. The lowest BCUT2D eigenvalue weighted by Crippen LogP contribution is -2.44. The Balaban J connectivity index is 1.28. The normalized spacial score (nSPS) is 18.4. The number of hydrogen-bond acceptors (Lipinski definition) is 6. The molecule has 10 heteroatoms. The molecule has 2 aliphatic rings. The molecule has 2 fully saturated rings. The number of fused-ring (bicyclic) bond motifs is 1. The molecule has 204 valence electrons. The van der Waals surface area contributed by atoms with Crippen LogP contribution in [0.4, 0.5) is 14.5 Å². The molecule has 0 radical (unpaired) electrons. The third-order valence-corrected chi connectivity index (χ3v) is 7.86. The summed E-state index contributed by atoms with van der Waals surface area (Å²) in [6, 6.07) is 8.80. The largest absolute Gasteiger partial charge is 0.505 e. The van der Waals surface area contributed by atoms with Gasteiger partial charge in [-0.25, -0.2) is 23.6 Å². The van der Waals surface area contributed by atoms with Crippen LogP contribution < -0.4 is 4.74 Å². The van der Waals surface area contributed by atoms with Gasteiger partial charge in [0, 0.05) is 30.7 Å². The SMILES string of the molecule is [C-]#[N+]c1cc(-c2nc(C#N)nc3c2ccn3CC2CCOC2)ccc1OCCC1CCN(C(CF)CF)CC1. The highest BCUT2D eigenvalue weighted by molar-refractivity contribution is 5.92. The molecular weight excluding hydrogens is 502 g/mol. The summed E-state index contributed by atoms with van der Waals surface area (Å²) in [5, 5.41) is 10.4. The number of ether oxygens (including phenoxy) is 2. The number of nitriles is 1. The first-order valence-electron chi connectivity index (χ1n) is 13.5. The third kappa shape index (κ3) is 6.03. The molecule has 0 amide bonds. The summed E-state index contributed by atoms with van der Waals surface area (Å²) in [4.78, 5) is 14.5. The molecule has 8 nitrogen and oxygen atoms in total. The van der Waals surface area contributed by atoms with Crippen molar-refractivity contribution in [1.82, 2.24) is 19.4 Å². The van der Waals surface area contributed by atoms with E-state index in [0.717, 1.165) is 56.4 Å². The highest BCUT2D eigenvalue weighted by Crippen LogP contribution is 2.36. The quantitative estimate of drug-likeness (QED) is 0.327. The first-order chi connectivity index (χ1) is 19.1. The lowest BCUT2D eigenvalue weighted by Gasteiger charge is -2.35.